The maximum atomic E-state index is 11.9. The molecule has 0 fully saturated rings. The average Bonchev–Trinajstić information content (AvgIpc) is 2.91. The minimum absolute atomic E-state index is 0.0783. The third kappa shape index (κ3) is 3.14. The Morgan fingerprint density at radius 3 is 2.00 bits per heavy atom. The van der Waals surface area contributed by atoms with E-state index in [9.17, 15) is 14.7 Å². The van der Waals surface area contributed by atoms with E-state index < -0.39 is 12.3 Å². The summed E-state index contributed by atoms with van der Waals surface area (Å²) in [5.41, 5.74) is 2.26. The van der Waals surface area contributed by atoms with Crippen LogP contribution in [-0.4, -0.2) is 24.0 Å². The van der Waals surface area contributed by atoms with E-state index in [2.05, 4.69) is 0 Å². The van der Waals surface area contributed by atoms with Gasteiger partial charge in [0, 0.05) is 11.1 Å². The molecule has 3 aromatic rings. The largest absolute Gasteiger partial charge is 0.514 e. The molecule has 1 aliphatic rings. The highest BCUT2D eigenvalue weighted by Gasteiger charge is 2.32. The number of carbonyl (C=O) groups excluding carboxylic acids is 1. The topological polar surface area (TPSA) is 91.3 Å². The van der Waals surface area contributed by atoms with Crippen LogP contribution in [0.2, 0.25) is 0 Å². The van der Waals surface area contributed by atoms with Crippen molar-refractivity contribution in [1.29, 1.82) is 0 Å². The summed E-state index contributed by atoms with van der Waals surface area (Å²) in [7, 11) is 0. The Kier molecular flexibility index (Phi) is 4.62. The van der Waals surface area contributed by atoms with E-state index in [0.29, 0.717) is 33.8 Å². The average molecular weight is 398 g/mol. The summed E-state index contributed by atoms with van der Waals surface area (Å²) in [6.07, 6.45) is -2.35. The molecule has 0 aliphatic carbocycles. The fraction of sp³-hybridized carbons (Fsp3) is 0.100. The van der Waals surface area contributed by atoms with Crippen LogP contribution in [0.15, 0.2) is 48.5 Å². The van der Waals surface area contributed by atoms with Gasteiger partial charge in [0.2, 0.25) is 0 Å². The van der Waals surface area contributed by atoms with Gasteiger partial charge < -0.3 is 24.1 Å². The van der Waals surface area contributed by atoms with Crippen LogP contribution < -0.4 is 14.2 Å². The number of thiophene rings is 1. The van der Waals surface area contributed by atoms with E-state index in [-0.39, 0.29) is 16.7 Å². The van der Waals surface area contributed by atoms with Crippen molar-refractivity contribution in [2.75, 3.05) is 6.61 Å². The van der Waals surface area contributed by atoms with Crippen LogP contribution in [0.1, 0.15) is 6.92 Å². The molecule has 7 nitrogen and oxygen atoms in total. The molecule has 2 heterocycles. The first-order chi connectivity index (χ1) is 13.6. The molecule has 1 N–H and O–H groups in total. The highest BCUT2D eigenvalue weighted by Crippen LogP contribution is 2.58. The van der Waals surface area contributed by atoms with Gasteiger partial charge in [0.05, 0.1) is 17.7 Å². The number of ether oxygens (including phenoxy) is 4. The Hall–Kier alpha value is -3.52. The molecule has 0 amide bonds. The van der Waals surface area contributed by atoms with Crippen LogP contribution in [0.3, 0.4) is 0 Å². The van der Waals surface area contributed by atoms with Crippen LogP contribution in [0.25, 0.3) is 22.3 Å². The van der Waals surface area contributed by atoms with E-state index in [1.807, 2.05) is 18.2 Å². The Bertz CT molecular complexity index is 1070. The second kappa shape index (κ2) is 7.24. The van der Waals surface area contributed by atoms with E-state index in [4.69, 9.17) is 18.9 Å². The SMILES string of the molecule is CCOC(=O)Oc1sc(OC(=O)O)c2c1-c1ccccc1Oc1ccccc1-2. The Morgan fingerprint density at radius 1 is 0.929 bits per heavy atom. The lowest BCUT2D eigenvalue weighted by molar-refractivity contribution is 0.106. The number of benzene rings is 2. The normalized spacial score (nSPS) is 11.2. The number of fused-ring (bicyclic) bond motifs is 5. The van der Waals surface area contributed by atoms with E-state index >= 15 is 0 Å². The van der Waals surface area contributed by atoms with Crippen molar-refractivity contribution in [3.8, 4) is 43.9 Å². The van der Waals surface area contributed by atoms with Crippen molar-refractivity contribution in [3.05, 3.63) is 48.5 Å². The zero-order chi connectivity index (χ0) is 19.7. The summed E-state index contributed by atoms with van der Waals surface area (Å²) in [5.74, 6) is 1.08. The van der Waals surface area contributed by atoms with Crippen molar-refractivity contribution in [1.82, 2.24) is 0 Å². The van der Waals surface area contributed by atoms with Crippen LogP contribution in [0.5, 0.6) is 21.6 Å². The van der Waals surface area contributed by atoms with Gasteiger partial charge in [-0.05, 0) is 19.1 Å². The van der Waals surface area contributed by atoms with Gasteiger partial charge in [-0.2, -0.15) is 0 Å². The molecule has 4 rings (SSSR count). The van der Waals surface area contributed by atoms with E-state index in [1.165, 1.54) is 0 Å². The molecule has 1 aliphatic heterocycles. The number of hydrogen-bond donors (Lipinski definition) is 1. The fourth-order valence-corrected chi connectivity index (χ4v) is 3.99. The van der Waals surface area contributed by atoms with Gasteiger partial charge in [0.25, 0.3) is 0 Å². The van der Waals surface area contributed by atoms with E-state index in [0.717, 1.165) is 11.3 Å². The Balaban J connectivity index is 2.01. The van der Waals surface area contributed by atoms with Crippen LogP contribution in [-0.2, 0) is 4.74 Å². The number of hydrogen-bond acceptors (Lipinski definition) is 7. The molecule has 28 heavy (non-hydrogen) atoms. The maximum absolute atomic E-state index is 11.9. The predicted molar refractivity (Wildman–Crippen MR) is 102 cm³/mol. The predicted octanol–water partition coefficient (Wildman–Crippen LogP) is 5.78. The van der Waals surface area contributed by atoms with Crippen molar-refractivity contribution in [2.24, 2.45) is 0 Å². The number of rotatable bonds is 3. The highest BCUT2D eigenvalue weighted by molar-refractivity contribution is 7.17. The molecule has 0 unspecified atom stereocenters. The Labute approximate surface area is 163 Å². The molecule has 0 radical (unpaired) electrons. The highest BCUT2D eigenvalue weighted by atomic mass is 32.1. The molecule has 0 saturated heterocycles. The third-order valence-electron chi connectivity index (χ3n) is 3.99. The Morgan fingerprint density at radius 2 is 1.46 bits per heavy atom. The first-order valence-electron chi connectivity index (χ1n) is 8.37. The second-order valence-electron chi connectivity index (χ2n) is 5.67. The smallest absolute Gasteiger partial charge is 0.456 e. The lowest BCUT2D eigenvalue weighted by atomic mass is 9.98. The zero-order valence-electron chi connectivity index (χ0n) is 14.6. The quantitative estimate of drug-likeness (QED) is 0.437. The van der Waals surface area contributed by atoms with Gasteiger partial charge in [0.15, 0.2) is 10.1 Å². The number of carboxylic acid groups (broad SMARTS) is 1. The lowest BCUT2D eigenvalue weighted by Crippen LogP contribution is -2.09. The third-order valence-corrected chi connectivity index (χ3v) is 4.94. The van der Waals surface area contributed by atoms with Crippen LogP contribution in [0, 0.1) is 0 Å². The molecule has 1 aromatic heterocycles. The first kappa shape index (κ1) is 17.9. The van der Waals surface area contributed by atoms with Gasteiger partial charge in [0.1, 0.15) is 11.5 Å². The van der Waals surface area contributed by atoms with Gasteiger partial charge in [-0.1, -0.05) is 47.7 Å². The van der Waals surface area contributed by atoms with Gasteiger partial charge in [-0.15, -0.1) is 0 Å². The molecule has 0 saturated carbocycles. The summed E-state index contributed by atoms with van der Waals surface area (Å²) in [6, 6.07) is 14.4. The molecule has 8 heteroatoms. The first-order valence-corrected chi connectivity index (χ1v) is 9.19. The second-order valence-corrected chi connectivity index (χ2v) is 6.62. The monoisotopic (exact) mass is 398 g/mol. The molecule has 142 valence electrons. The minimum Gasteiger partial charge on any atom is -0.456 e. The van der Waals surface area contributed by atoms with Crippen LogP contribution >= 0.6 is 11.3 Å². The van der Waals surface area contributed by atoms with Gasteiger partial charge in [-0.3, -0.25) is 0 Å². The van der Waals surface area contributed by atoms with Crippen molar-refractivity contribution in [2.45, 2.75) is 6.92 Å². The van der Waals surface area contributed by atoms with Gasteiger partial charge in [-0.25, -0.2) is 9.59 Å². The summed E-state index contributed by atoms with van der Waals surface area (Å²) in [4.78, 5) is 23.2. The molecular weight excluding hydrogens is 384 g/mol. The number of para-hydroxylation sites is 2. The molecule has 0 atom stereocenters. The summed E-state index contributed by atoms with van der Waals surface area (Å²) >= 11 is 0.913. The van der Waals surface area contributed by atoms with Crippen molar-refractivity contribution >= 4 is 23.6 Å². The summed E-state index contributed by atoms with van der Waals surface area (Å²) < 4.78 is 21.3. The summed E-state index contributed by atoms with van der Waals surface area (Å²) in [6.45, 7) is 1.81. The fourth-order valence-electron chi connectivity index (χ4n) is 2.97. The number of carbonyl (C=O) groups is 2. The zero-order valence-corrected chi connectivity index (χ0v) is 15.4. The molecular formula is C20H14O7S. The van der Waals surface area contributed by atoms with E-state index in [1.54, 1.807) is 37.3 Å². The van der Waals surface area contributed by atoms with Crippen molar-refractivity contribution in [3.63, 3.8) is 0 Å². The van der Waals surface area contributed by atoms with Gasteiger partial charge >= 0.3 is 12.3 Å². The summed E-state index contributed by atoms with van der Waals surface area (Å²) in [5, 5.41) is 9.42. The molecule has 0 bridgehead atoms. The van der Waals surface area contributed by atoms with Crippen LogP contribution in [0.4, 0.5) is 9.59 Å². The lowest BCUT2D eigenvalue weighted by Gasteiger charge is -2.09. The minimum atomic E-state index is -1.47. The standard InChI is InChI=1S/C20H14O7S/c1-2-24-20(23)27-18-16-12-8-4-6-10-14(12)25-13-9-5-3-7-11(13)15(16)17(28-18)26-19(21)22/h3-10H,2H2,1H3,(H,21,22). The molecule has 0 spiro atoms. The maximum Gasteiger partial charge on any atom is 0.514 e. The molecule has 2 aromatic carbocycles. The van der Waals surface area contributed by atoms with Crippen molar-refractivity contribution < 1.29 is 33.6 Å².